The van der Waals surface area contributed by atoms with Crippen molar-refractivity contribution >= 4 is 5.97 Å². The summed E-state index contributed by atoms with van der Waals surface area (Å²) >= 11 is 0. The molecule has 23 heavy (non-hydrogen) atoms. The molecule has 0 bridgehead atoms. The molecule has 1 unspecified atom stereocenters. The number of ether oxygens (including phenoxy) is 1. The highest BCUT2D eigenvalue weighted by atomic mass is 16.6. The van der Waals surface area contributed by atoms with Gasteiger partial charge in [-0.15, -0.1) is 0 Å². The fourth-order valence-electron chi connectivity index (χ4n) is 1.95. The Morgan fingerprint density at radius 1 is 1.00 bits per heavy atom. The number of carboxylic acids is 1. The monoisotopic (exact) mass is 342 g/mol. The van der Waals surface area contributed by atoms with Crippen LogP contribution in [0.25, 0.3) is 0 Å². The summed E-state index contributed by atoms with van der Waals surface area (Å²) < 4.78 is 5.41. The van der Waals surface area contributed by atoms with Gasteiger partial charge in [0.15, 0.2) is 6.29 Å². The second-order valence-corrected chi connectivity index (χ2v) is 6.44. The number of carboxylic acid groups (broad SMARTS) is 1. The highest BCUT2D eigenvalue weighted by Gasteiger charge is 2.36. The van der Waals surface area contributed by atoms with Gasteiger partial charge in [0.05, 0.1) is 34.2 Å². The maximum Gasteiger partial charge on any atom is 0.306 e. The number of carbonyl (C=O) groups is 1. The molecular formula is C13H28NO9+. The maximum absolute atomic E-state index is 10.8. The number of aliphatic carboxylic acids is 1. The number of quaternary nitrogens is 1. The summed E-state index contributed by atoms with van der Waals surface area (Å²) in [6.07, 6.45) is -11.0. The zero-order valence-corrected chi connectivity index (χ0v) is 13.5. The van der Waals surface area contributed by atoms with E-state index in [0.29, 0.717) is 4.48 Å². The predicted molar refractivity (Wildman–Crippen MR) is 77.1 cm³/mol. The van der Waals surface area contributed by atoms with Crippen molar-refractivity contribution in [3.05, 3.63) is 0 Å². The SMILES string of the molecule is C[N+](C)(C)C[C@@H](CC(=O)O)OC(O)[C@H](O)[C@@H](O)[C@H](O)[C@H](O)CO. The molecule has 0 rings (SSSR count). The van der Waals surface area contributed by atoms with Gasteiger partial charge in [0.1, 0.15) is 37.1 Å². The van der Waals surface area contributed by atoms with Crippen LogP contribution in [-0.2, 0) is 9.53 Å². The van der Waals surface area contributed by atoms with E-state index in [-0.39, 0.29) is 6.54 Å². The van der Waals surface area contributed by atoms with E-state index in [1.54, 1.807) is 21.1 Å². The zero-order valence-electron chi connectivity index (χ0n) is 13.5. The van der Waals surface area contributed by atoms with Gasteiger partial charge in [-0.3, -0.25) is 4.79 Å². The smallest absolute Gasteiger partial charge is 0.306 e. The Hall–Kier alpha value is -0.850. The molecule has 0 aromatic heterocycles. The van der Waals surface area contributed by atoms with Crippen molar-refractivity contribution in [3.63, 3.8) is 0 Å². The minimum absolute atomic E-state index is 0.202. The second kappa shape index (κ2) is 9.45. The first-order valence-corrected chi connectivity index (χ1v) is 7.08. The molecule has 0 aliphatic carbocycles. The first-order valence-electron chi connectivity index (χ1n) is 7.08. The molecule has 6 atom stereocenters. The standard InChI is InChI=1S/C13H27NO9/c1-14(2,3)5-7(4-9(17)18)23-13(22)12(21)11(20)10(19)8(16)6-15/h7-8,10-13,15-16,19-22H,4-6H2,1-3H3/p+1/t7-,8-,10-,11+,12-,13?/m1/s1. The van der Waals surface area contributed by atoms with Crippen molar-refractivity contribution in [2.75, 3.05) is 34.3 Å². The van der Waals surface area contributed by atoms with E-state index in [1.807, 2.05) is 0 Å². The van der Waals surface area contributed by atoms with Crippen LogP contribution < -0.4 is 0 Å². The van der Waals surface area contributed by atoms with Gasteiger partial charge in [-0.05, 0) is 0 Å². The molecule has 0 radical (unpaired) electrons. The molecule has 0 heterocycles. The average Bonchev–Trinajstić information content (AvgIpc) is 2.41. The molecule has 0 saturated heterocycles. The van der Waals surface area contributed by atoms with E-state index < -0.39 is 55.8 Å². The van der Waals surface area contributed by atoms with Crippen LogP contribution in [0.4, 0.5) is 0 Å². The van der Waals surface area contributed by atoms with Crippen LogP contribution >= 0.6 is 0 Å². The third-order valence-electron chi connectivity index (χ3n) is 3.06. The molecule has 7 N–H and O–H groups in total. The lowest BCUT2D eigenvalue weighted by Gasteiger charge is -2.32. The molecule has 10 nitrogen and oxygen atoms in total. The van der Waals surface area contributed by atoms with Gasteiger partial charge in [-0.2, -0.15) is 0 Å². The molecule has 0 spiro atoms. The molecule has 10 heteroatoms. The van der Waals surface area contributed by atoms with Crippen molar-refractivity contribution in [1.29, 1.82) is 0 Å². The summed E-state index contributed by atoms with van der Waals surface area (Å²) in [5.41, 5.74) is 0. The zero-order chi connectivity index (χ0) is 18.4. The Labute approximate surface area is 134 Å². The Morgan fingerprint density at radius 3 is 1.91 bits per heavy atom. The summed E-state index contributed by atoms with van der Waals surface area (Å²) in [5, 5.41) is 65.4. The maximum atomic E-state index is 10.8. The Kier molecular flexibility index (Phi) is 9.10. The van der Waals surface area contributed by atoms with Crippen molar-refractivity contribution < 1.29 is 49.8 Å². The molecular weight excluding hydrogens is 314 g/mol. The minimum Gasteiger partial charge on any atom is -0.481 e. The first-order chi connectivity index (χ1) is 10.4. The van der Waals surface area contributed by atoms with E-state index in [0.717, 1.165) is 0 Å². The van der Waals surface area contributed by atoms with Gasteiger partial charge in [0, 0.05) is 0 Å². The number of hydrogen-bond acceptors (Lipinski definition) is 8. The van der Waals surface area contributed by atoms with E-state index in [9.17, 15) is 30.3 Å². The molecule has 0 aromatic rings. The van der Waals surface area contributed by atoms with Crippen LogP contribution in [0.2, 0.25) is 0 Å². The summed E-state index contributed by atoms with van der Waals surface area (Å²) in [6.45, 7) is -0.654. The quantitative estimate of drug-likeness (QED) is 0.148. The molecule has 0 saturated carbocycles. The van der Waals surface area contributed by atoms with Gasteiger partial charge in [-0.25, -0.2) is 0 Å². The number of rotatable bonds is 11. The Balaban J connectivity index is 4.82. The average molecular weight is 342 g/mol. The van der Waals surface area contributed by atoms with Crippen LogP contribution in [0, 0.1) is 0 Å². The molecule has 138 valence electrons. The second-order valence-electron chi connectivity index (χ2n) is 6.44. The van der Waals surface area contributed by atoms with E-state index in [4.69, 9.17) is 14.9 Å². The van der Waals surface area contributed by atoms with E-state index >= 15 is 0 Å². The van der Waals surface area contributed by atoms with Crippen LogP contribution in [0.5, 0.6) is 0 Å². The highest BCUT2D eigenvalue weighted by molar-refractivity contribution is 5.67. The largest absolute Gasteiger partial charge is 0.481 e. The number of likely N-dealkylation sites (N-methyl/N-ethyl adjacent to an activating group) is 1. The number of aliphatic hydroxyl groups is 6. The van der Waals surface area contributed by atoms with Crippen molar-refractivity contribution in [3.8, 4) is 0 Å². The van der Waals surface area contributed by atoms with Gasteiger partial charge >= 0.3 is 5.97 Å². The van der Waals surface area contributed by atoms with Gasteiger partial charge in [0.2, 0.25) is 0 Å². The highest BCUT2D eigenvalue weighted by Crippen LogP contribution is 2.14. The van der Waals surface area contributed by atoms with Crippen LogP contribution in [0.1, 0.15) is 6.42 Å². The number of aliphatic hydroxyl groups excluding tert-OH is 6. The minimum atomic E-state index is -2.00. The molecule has 0 aromatic carbocycles. The summed E-state index contributed by atoms with van der Waals surface area (Å²) in [7, 11) is 5.33. The predicted octanol–water partition coefficient (Wildman–Crippen LogP) is -3.69. The lowest BCUT2D eigenvalue weighted by Crippen LogP contribution is -2.52. The van der Waals surface area contributed by atoms with Crippen LogP contribution in [0.3, 0.4) is 0 Å². The van der Waals surface area contributed by atoms with Crippen LogP contribution in [0.15, 0.2) is 0 Å². The number of hydrogen-bond donors (Lipinski definition) is 7. The molecule has 0 aliphatic rings. The third kappa shape index (κ3) is 8.53. The summed E-state index contributed by atoms with van der Waals surface area (Å²) in [6, 6.07) is 0. The Morgan fingerprint density at radius 2 is 1.52 bits per heavy atom. The summed E-state index contributed by atoms with van der Waals surface area (Å²) in [4.78, 5) is 10.8. The van der Waals surface area contributed by atoms with Crippen molar-refractivity contribution in [2.45, 2.75) is 43.2 Å². The summed E-state index contributed by atoms with van der Waals surface area (Å²) in [5.74, 6) is -1.17. The fraction of sp³-hybridized carbons (Fsp3) is 0.923. The lowest BCUT2D eigenvalue weighted by atomic mass is 10.0. The van der Waals surface area contributed by atoms with Crippen LogP contribution in [-0.4, -0.2) is 117 Å². The third-order valence-corrected chi connectivity index (χ3v) is 3.06. The van der Waals surface area contributed by atoms with Gasteiger partial charge in [-0.1, -0.05) is 0 Å². The first kappa shape index (κ1) is 22.1. The fourth-order valence-corrected chi connectivity index (χ4v) is 1.95. The van der Waals surface area contributed by atoms with E-state index in [2.05, 4.69) is 0 Å². The normalized spacial score (nSPS) is 20.4. The van der Waals surface area contributed by atoms with Crippen molar-refractivity contribution in [2.24, 2.45) is 0 Å². The molecule has 0 amide bonds. The lowest BCUT2D eigenvalue weighted by molar-refractivity contribution is -0.874. The molecule has 0 aliphatic heterocycles. The van der Waals surface area contributed by atoms with Crippen molar-refractivity contribution in [1.82, 2.24) is 0 Å². The topological polar surface area (TPSA) is 168 Å². The van der Waals surface area contributed by atoms with Gasteiger partial charge < -0.3 is 45.0 Å². The van der Waals surface area contributed by atoms with Gasteiger partial charge in [0.25, 0.3) is 0 Å². The number of nitrogens with zero attached hydrogens (tertiary/aromatic N) is 1. The van der Waals surface area contributed by atoms with E-state index in [1.165, 1.54) is 0 Å². The molecule has 0 fully saturated rings. The Bertz CT molecular complexity index is 360.